The lowest BCUT2D eigenvalue weighted by Gasteiger charge is -2.25. The summed E-state index contributed by atoms with van der Waals surface area (Å²) in [5.41, 5.74) is 3.14. The maximum Gasteiger partial charge on any atom is 0.138 e. The zero-order valence-electron chi connectivity index (χ0n) is 11.8. The maximum absolute atomic E-state index is 12.9. The first kappa shape index (κ1) is 13.7. The predicted octanol–water partition coefficient (Wildman–Crippen LogP) is 3.62. The molecule has 102 valence electrons. The van der Waals surface area contributed by atoms with Crippen LogP contribution in [0.4, 0.5) is 4.39 Å². The van der Waals surface area contributed by atoms with E-state index in [4.69, 9.17) is 4.52 Å². The Bertz CT molecular complexity index is 528. The Labute approximate surface area is 113 Å². The molecule has 1 atom stereocenters. The molecule has 0 unspecified atom stereocenters. The fourth-order valence-electron chi connectivity index (χ4n) is 2.11. The van der Waals surface area contributed by atoms with E-state index in [9.17, 15) is 4.39 Å². The van der Waals surface area contributed by atoms with Crippen LogP contribution in [0.3, 0.4) is 0 Å². The summed E-state index contributed by atoms with van der Waals surface area (Å²) in [6, 6.07) is 6.84. The molecular formula is C15H19FN2O. The molecule has 3 nitrogen and oxygen atoms in total. The number of rotatable bonds is 4. The molecule has 0 aliphatic rings. The van der Waals surface area contributed by atoms with Gasteiger partial charge in [-0.05, 0) is 45.5 Å². The molecule has 1 aromatic heterocycles. The minimum Gasteiger partial charge on any atom is -0.361 e. The van der Waals surface area contributed by atoms with E-state index in [0.29, 0.717) is 0 Å². The quantitative estimate of drug-likeness (QED) is 0.842. The molecule has 0 bridgehead atoms. The predicted molar refractivity (Wildman–Crippen MR) is 72.3 cm³/mol. The van der Waals surface area contributed by atoms with Crippen LogP contribution in [0.1, 0.15) is 35.5 Å². The van der Waals surface area contributed by atoms with E-state index < -0.39 is 0 Å². The zero-order chi connectivity index (χ0) is 14.0. The molecule has 1 aromatic carbocycles. The summed E-state index contributed by atoms with van der Waals surface area (Å²) < 4.78 is 18.1. The Balaban J connectivity index is 2.11. The van der Waals surface area contributed by atoms with Crippen LogP contribution in [0.15, 0.2) is 28.8 Å². The number of aromatic nitrogens is 1. The fourth-order valence-corrected chi connectivity index (χ4v) is 2.11. The second kappa shape index (κ2) is 5.53. The molecule has 0 fully saturated rings. The first-order valence-electron chi connectivity index (χ1n) is 6.36. The van der Waals surface area contributed by atoms with Crippen LogP contribution in [0.25, 0.3) is 0 Å². The minimum absolute atomic E-state index is 0.203. The Morgan fingerprint density at radius 1 is 1.26 bits per heavy atom. The van der Waals surface area contributed by atoms with Gasteiger partial charge in [-0.15, -0.1) is 0 Å². The lowest BCUT2D eigenvalue weighted by atomic mass is 10.1. The van der Waals surface area contributed by atoms with Gasteiger partial charge in [-0.25, -0.2) is 4.39 Å². The highest BCUT2D eigenvalue weighted by Gasteiger charge is 2.16. The van der Waals surface area contributed by atoms with Gasteiger partial charge in [0, 0.05) is 18.2 Å². The third-order valence-electron chi connectivity index (χ3n) is 3.60. The number of benzene rings is 1. The first-order valence-corrected chi connectivity index (χ1v) is 6.36. The molecule has 4 heteroatoms. The fraction of sp³-hybridized carbons (Fsp3) is 0.400. The highest BCUT2D eigenvalue weighted by molar-refractivity contribution is 5.22. The smallest absolute Gasteiger partial charge is 0.138 e. The zero-order valence-corrected chi connectivity index (χ0v) is 11.8. The average molecular weight is 262 g/mol. The van der Waals surface area contributed by atoms with Crippen LogP contribution < -0.4 is 0 Å². The van der Waals surface area contributed by atoms with E-state index in [1.807, 2.05) is 33.0 Å². The number of hydrogen-bond acceptors (Lipinski definition) is 3. The monoisotopic (exact) mass is 262 g/mol. The standard InChI is InChI=1S/C15H19FN2O/c1-10-15(12(3)19-17-10)9-18(4)11(2)13-5-7-14(16)8-6-13/h5-8,11H,9H2,1-4H3/t11-/m0/s1. The highest BCUT2D eigenvalue weighted by Crippen LogP contribution is 2.23. The summed E-state index contributed by atoms with van der Waals surface area (Å²) in [5, 5.41) is 3.96. The van der Waals surface area contributed by atoms with E-state index >= 15 is 0 Å². The van der Waals surface area contributed by atoms with Gasteiger partial charge in [-0.1, -0.05) is 17.3 Å². The first-order chi connectivity index (χ1) is 8.99. The van der Waals surface area contributed by atoms with Crippen molar-refractivity contribution in [1.82, 2.24) is 10.1 Å². The largest absolute Gasteiger partial charge is 0.361 e. The van der Waals surface area contributed by atoms with Gasteiger partial charge in [-0.3, -0.25) is 4.90 Å². The molecular weight excluding hydrogens is 243 g/mol. The molecule has 0 amide bonds. The van der Waals surface area contributed by atoms with Crippen molar-refractivity contribution in [1.29, 1.82) is 0 Å². The van der Waals surface area contributed by atoms with Gasteiger partial charge >= 0.3 is 0 Å². The Kier molecular flexibility index (Phi) is 4.00. The second-order valence-electron chi connectivity index (χ2n) is 4.95. The average Bonchev–Trinajstić information content (AvgIpc) is 2.70. The van der Waals surface area contributed by atoms with Crippen molar-refractivity contribution in [2.75, 3.05) is 7.05 Å². The minimum atomic E-state index is -0.204. The third kappa shape index (κ3) is 3.01. The highest BCUT2D eigenvalue weighted by atomic mass is 19.1. The topological polar surface area (TPSA) is 29.3 Å². The van der Waals surface area contributed by atoms with Crippen molar-refractivity contribution < 1.29 is 8.91 Å². The van der Waals surface area contributed by atoms with Gasteiger partial charge in [0.25, 0.3) is 0 Å². The molecule has 0 aliphatic carbocycles. The van der Waals surface area contributed by atoms with E-state index in [1.165, 1.54) is 12.1 Å². The van der Waals surface area contributed by atoms with Crippen molar-refractivity contribution in [2.45, 2.75) is 33.4 Å². The molecule has 2 aromatic rings. The Hall–Kier alpha value is -1.68. The summed E-state index contributed by atoms with van der Waals surface area (Å²) in [7, 11) is 2.04. The summed E-state index contributed by atoms with van der Waals surface area (Å²) in [4.78, 5) is 2.19. The van der Waals surface area contributed by atoms with Crippen molar-refractivity contribution >= 4 is 0 Å². The van der Waals surface area contributed by atoms with Crippen LogP contribution in [0, 0.1) is 19.7 Å². The SMILES string of the molecule is Cc1noc(C)c1CN(C)[C@@H](C)c1ccc(F)cc1. The Morgan fingerprint density at radius 2 is 1.89 bits per heavy atom. The summed E-state index contributed by atoms with van der Waals surface area (Å²) in [5.74, 6) is 0.653. The summed E-state index contributed by atoms with van der Waals surface area (Å²) in [6.45, 7) is 6.74. The van der Waals surface area contributed by atoms with Crippen molar-refractivity contribution in [2.24, 2.45) is 0 Å². The van der Waals surface area contributed by atoms with E-state index in [0.717, 1.165) is 29.1 Å². The summed E-state index contributed by atoms with van der Waals surface area (Å²) >= 11 is 0. The number of hydrogen-bond donors (Lipinski definition) is 0. The summed E-state index contributed by atoms with van der Waals surface area (Å²) in [6.07, 6.45) is 0. The molecule has 19 heavy (non-hydrogen) atoms. The number of nitrogens with zero attached hydrogens (tertiary/aromatic N) is 2. The van der Waals surface area contributed by atoms with E-state index in [1.54, 1.807) is 0 Å². The third-order valence-corrected chi connectivity index (χ3v) is 3.60. The molecule has 0 saturated heterocycles. The van der Waals surface area contributed by atoms with Crippen molar-refractivity contribution in [3.8, 4) is 0 Å². The van der Waals surface area contributed by atoms with E-state index in [-0.39, 0.29) is 11.9 Å². The molecule has 0 radical (unpaired) electrons. The molecule has 0 spiro atoms. The van der Waals surface area contributed by atoms with Gasteiger partial charge < -0.3 is 4.52 Å². The van der Waals surface area contributed by atoms with Gasteiger partial charge in [0.05, 0.1) is 5.69 Å². The van der Waals surface area contributed by atoms with Crippen molar-refractivity contribution in [3.63, 3.8) is 0 Å². The van der Waals surface area contributed by atoms with Crippen LogP contribution in [-0.2, 0) is 6.54 Å². The van der Waals surface area contributed by atoms with Crippen LogP contribution in [0.5, 0.6) is 0 Å². The van der Waals surface area contributed by atoms with Gasteiger partial charge in [0.1, 0.15) is 11.6 Å². The lowest BCUT2D eigenvalue weighted by Crippen LogP contribution is -2.22. The Morgan fingerprint density at radius 3 is 2.42 bits per heavy atom. The maximum atomic E-state index is 12.9. The number of halogens is 1. The molecule has 0 N–H and O–H groups in total. The molecule has 0 aliphatic heterocycles. The molecule has 2 rings (SSSR count). The van der Waals surface area contributed by atoms with E-state index in [2.05, 4.69) is 17.0 Å². The van der Waals surface area contributed by atoms with Gasteiger partial charge in [0.15, 0.2) is 0 Å². The van der Waals surface area contributed by atoms with Crippen LogP contribution >= 0.6 is 0 Å². The van der Waals surface area contributed by atoms with Crippen LogP contribution in [-0.4, -0.2) is 17.1 Å². The van der Waals surface area contributed by atoms with Gasteiger partial charge in [0.2, 0.25) is 0 Å². The second-order valence-corrected chi connectivity index (χ2v) is 4.95. The van der Waals surface area contributed by atoms with Crippen molar-refractivity contribution in [3.05, 3.63) is 52.7 Å². The lowest BCUT2D eigenvalue weighted by molar-refractivity contribution is 0.251. The van der Waals surface area contributed by atoms with Crippen LogP contribution in [0.2, 0.25) is 0 Å². The molecule has 1 heterocycles. The normalized spacial score (nSPS) is 12.9. The number of aryl methyl sites for hydroxylation is 2. The van der Waals surface area contributed by atoms with Gasteiger partial charge in [-0.2, -0.15) is 0 Å². The molecule has 0 saturated carbocycles.